The number of aromatic nitrogens is 5. The standard InChI is InChI=1S/C13H10F5N5S/c14-12(15)22-4-3-9(20-22)11-19-10(6-8-2-1-5-24-8)21-23(11)7-13(16,17)18/h1-5,12H,6-7H2. The Morgan fingerprint density at radius 3 is 2.54 bits per heavy atom. The van der Waals surface area contributed by atoms with Crippen molar-refractivity contribution in [2.45, 2.75) is 25.7 Å². The van der Waals surface area contributed by atoms with Crippen molar-refractivity contribution in [1.29, 1.82) is 0 Å². The first-order valence-electron chi connectivity index (χ1n) is 6.68. The summed E-state index contributed by atoms with van der Waals surface area (Å²) in [7, 11) is 0. The second kappa shape index (κ2) is 6.30. The van der Waals surface area contributed by atoms with Gasteiger partial charge in [-0.3, -0.25) is 0 Å². The van der Waals surface area contributed by atoms with Gasteiger partial charge in [0.2, 0.25) is 0 Å². The maximum absolute atomic E-state index is 12.7. The zero-order valence-electron chi connectivity index (χ0n) is 11.9. The van der Waals surface area contributed by atoms with Crippen LogP contribution < -0.4 is 0 Å². The van der Waals surface area contributed by atoms with Crippen LogP contribution >= 0.6 is 11.3 Å². The molecule has 0 amide bonds. The number of halogens is 5. The molecule has 3 aromatic rings. The zero-order valence-corrected chi connectivity index (χ0v) is 12.7. The largest absolute Gasteiger partial charge is 0.408 e. The second-order valence-corrected chi connectivity index (χ2v) is 5.87. The maximum atomic E-state index is 12.7. The monoisotopic (exact) mass is 363 g/mol. The van der Waals surface area contributed by atoms with Gasteiger partial charge in [-0.15, -0.1) is 11.3 Å². The van der Waals surface area contributed by atoms with E-state index in [0.717, 1.165) is 11.1 Å². The molecule has 3 rings (SSSR count). The van der Waals surface area contributed by atoms with Crippen LogP contribution in [0.4, 0.5) is 22.0 Å². The topological polar surface area (TPSA) is 48.5 Å². The van der Waals surface area contributed by atoms with Crippen molar-refractivity contribution in [2.75, 3.05) is 0 Å². The van der Waals surface area contributed by atoms with E-state index < -0.39 is 19.3 Å². The average Bonchev–Trinajstić information content (AvgIpc) is 3.17. The molecule has 0 bridgehead atoms. The van der Waals surface area contributed by atoms with Gasteiger partial charge >= 0.3 is 12.7 Å². The fraction of sp³-hybridized carbons (Fsp3) is 0.308. The SMILES string of the molecule is FC(F)n1ccc(-c2nc(Cc3cccs3)nn2CC(F)(F)F)n1. The molecule has 11 heteroatoms. The van der Waals surface area contributed by atoms with Gasteiger partial charge in [0, 0.05) is 17.5 Å². The lowest BCUT2D eigenvalue weighted by atomic mass is 10.3. The Bertz CT molecular complexity index is 805. The van der Waals surface area contributed by atoms with Crippen LogP contribution in [0.3, 0.4) is 0 Å². The normalized spacial score (nSPS) is 12.2. The van der Waals surface area contributed by atoms with Gasteiger partial charge in [0.25, 0.3) is 0 Å². The van der Waals surface area contributed by atoms with E-state index in [0.29, 0.717) is 9.36 Å². The molecule has 0 radical (unpaired) electrons. The number of hydrogen-bond donors (Lipinski definition) is 0. The quantitative estimate of drug-likeness (QED) is 0.649. The van der Waals surface area contributed by atoms with Gasteiger partial charge in [-0.2, -0.15) is 32.1 Å². The molecule has 0 fully saturated rings. The summed E-state index contributed by atoms with van der Waals surface area (Å²) in [5.41, 5.74) is -0.0931. The van der Waals surface area contributed by atoms with Crippen molar-refractivity contribution in [1.82, 2.24) is 24.5 Å². The molecule has 128 valence electrons. The van der Waals surface area contributed by atoms with Gasteiger partial charge in [-0.1, -0.05) is 6.07 Å². The minimum absolute atomic E-state index is 0.0931. The van der Waals surface area contributed by atoms with E-state index in [2.05, 4.69) is 15.2 Å². The summed E-state index contributed by atoms with van der Waals surface area (Å²) < 4.78 is 64.4. The predicted molar refractivity (Wildman–Crippen MR) is 75.7 cm³/mol. The third-order valence-electron chi connectivity index (χ3n) is 2.99. The first kappa shape index (κ1) is 16.6. The molecular weight excluding hydrogens is 353 g/mol. The summed E-state index contributed by atoms with van der Waals surface area (Å²) in [6, 6.07) is 4.79. The fourth-order valence-corrected chi connectivity index (χ4v) is 2.77. The Morgan fingerprint density at radius 2 is 1.96 bits per heavy atom. The lowest BCUT2D eigenvalue weighted by Gasteiger charge is -2.07. The third kappa shape index (κ3) is 3.78. The van der Waals surface area contributed by atoms with E-state index in [1.807, 2.05) is 5.38 Å². The molecule has 0 aromatic carbocycles. The average molecular weight is 363 g/mol. The second-order valence-electron chi connectivity index (χ2n) is 4.84. The molecule has 24 heavy (non-hydrogen) atoms. The number of nitrogens with zero attached hydrogens (tertiary/aromatic N) is 5. The molecule has 0 saturated heterocycles. The first-order chi connectivity index (χ1) is 11.3. The van der Waals surface area contributed by atoms with Gasteiger partial charge in [0.1, 0.15) is 12.2 Å². The molecular formula is C13H10F5N5S. The lowest BCUT2D eigenvalue weighted by molar-refractivity contribution is -0.142. The van der Waals surface area contributed by atoms with E-state index in [4.69, 9.17) is 0 Å². The summed E-state index contributed by atoms with van der Waals surface area (Å²) in [4.78, 5) is 4.93. The van der Waals surface area contributed by atoms with Crippen LogP contribution in [-0.2, 0) is 13.0 Å². The van der Waals surface area contributed by atoms with E-state index in [1.54, 1.807) is 12.1 Å². The van der Waals surface area contributed by atoms with Crippen molar-refractivity contribution < 1.29 is 22.0 Å². The molecule has 5 nitrogen and oxygen atoms in total. The van der Waals surface area contributed by atoms with Crippen LogP contribution in [0, 0.1) is 0 Å². The number of hydrogen-bond acceptors (Lipinski definition) is 4. The van der Waals surface area contributed by atoms with Crippen molar-refractivity contribution in [3.63, 3.8) is 0 Å². The molecule has 0 unspecified atom stereocenters. The van der Waals surface area contributed by atoms with Gasteiger partial charge in [-0.05, 0) is 17.5 Å². The molecule has 0 saturated carbocycles. The summed E-state index contributed by atoms with van der Waals surface area (Å²) in [6.45, 7) is -4.26. The maximum Gasteiger partial charge on any atom is 0.408 e. The third-order valence-corrected chi connectivity index (χ3v) is 3.87. The molecule has 0 N–H and O–H groups in total. The highest BCUT2D eigenvalue weighted by molar-refractivity contribution is 7.09. The van der Waals surface area contributed by atoms with Crippen molar-refractivity contribution in [3.05, 3.63) is 40.5 Å². The predicted octanol–water partition coefficient (Wildman–Crippen LogP) is 3.75. The minimum Gasteiger partial charge on any atom is -0.235 e. The van der Waals surface area contributed by atoms with Crippen molar-refractivity contribution >= 4 is 11.3 Å². The minimum atomic E-state index is -4.52. The lowest BCUT2D eigenvalue weighted by Crippen LogP contribution is -2.19. The Kier molecular flexibility index (Phi) is 4.35. The van der Waals surface area contributed by atoms with Crippen LogP contribution in [-0.4, -0.2) is 30.7 Å². The molecule has 3 aromatic heterocycles. The van der Waals surface area contributed by atoms with Gasteiger partial charge in [-0.25, -0.2) is 14.3 Å². The Labute approximate surface area is 136 Å². The first-order valence-corrected chi connectivity index (χ1v) is 7.56. The highest BCUT2D eigenvalue weighted by atomic mass is 32.1. The molecule has 0 aliphatic heterocycles. The van der Waals surface area contributed by atoms with Gasteiger partial charge in [0.15, 0.2) is 11.6 Å². The van der Waals surface area contributed by atoms with Crippen LogP contribution in [0.15, 0.2) is 29.8 Å². The fourth-order valence-electron chi connectivity index (χ4n) is 2.07. The zero-order chi connectivity index (χ0) is 17.3. The van der Waals surface area contributed by atoms with Crippen LogP contribution in [0.5, 0.6) is 0 Å². The highest BCUT2D eigenvalue weighted by Gasteiger charge is 2.31. The van der Waals surface area contributed by atoms with Gasteiger partial charge < -0.3 is 0 Å². The molecule has 3 heterocycles. The smallest absolute Gasteiger partial charge is 0.235 e. The summed E-state index contributed by atoms with van der Waals surface area (Å²) in [5, 5.41) is 9.24. The molecule has 0 atom stereocenters. The van der Waals surface area contributed by atoms with E-state index in [-0.39, 0.29) is 23.8 Å². The van der Waals surface area contributed by atoms with E-state index >= 15 is 0 Å². The summed E-state index contributed by atoms with van der Waals surface area (Å²) >= 11 is 1.42. The van der Waals surface area contributed by atoms with Crippen LogP contribution in [0.1, 0.15) is 17.3 Å². The highest BCUT2D eigenvalue weighted by Crippen LogP contribution is 2.24. The summed E-state index contributed by atoms with van der Waals surface area (Å²) in [5.74, 6) is -0.0263. The van der Waals surface area contributed by atoms with Gasteiger partial charge in [0.05, 0.1) is 0 Å². The Hall–Kier alpha value is -2.30. The molecule has 0 aliphatic rings. The summed E-state index contributed by atoms with van der Waals surface area (Å²) in [6.07, 6.45) is -3.29. The van der Waals surface area contributed by atoms with Crippen molar-refractivity contribution in [3.8, 4) is 11.5 Å². The Balaban J connectivity index is 1.96. The van der Waals surface area contributed by atoms with Crippen LogP contribution in [0.2, 0.25) is 0 Å². The Morgan fingerprint density at radius 1 is 1.17 bits per heavy atom. The number of alkyl halides is 5. The number of thiophene rings is 1. The van der Waals surface area contributed by atoms with E-state index in [1.165, 1.54) is 17.4 Å². The molecule has 0 spiro atoms. The van der Waals surface area contributed by atoms with Crippen LogP contribution in [0.25, 0.3) is 11.5 Å². The molecule has 0 aliphatic carbocycles. The van der Waals surface area contributed by atoms with E-state index in [9.17, 15) is 22.0 Å². The van der Waals surface area contributed by atoms with Crippen molar-refractivity contribution in [2.24, 2.45) is 0 Å². The number of rotatable bonds is 5.